The molecule has 0 spiro atoms. The highest BCUT2D eigenvalue weighted by Gasteiger charge is 2.25. The Morgan fingerprint density at radius 2 is 1.52 bits per heavy atom. The lowest BCUT2D eigenvalue weighted by Crippen LogP contribution is -2.31. The lowest BCUT2D eigenvalue weighted by Gasteiger charge is -2.20. The molecule has 0 bridgehead atoms. The van der Waals surface area contributed by atoms with Crippen molar-refractivity contribution in [3.8, 4) is 0 Å². The zero-order valence-corrected chi connectivity index (χ0v) is 19.2. The van der Waals surface area contributed by atoms with Gasteiger partial charge in [-0.15, -0.1) is 0 Å². The van der Waals surface area contributed by atoms with Gasteiger partial charge in [-0.3, -0.25) is 4.79 Å². The molecule has 0 saturated carbocycles. The molecule has 1 fully saturated rings. The summed E-state index contributed by atoms with van der Waals surface area (Å²) in [5.41, 5.74) is 0.458. The van der Waals surface area contributed by atoms with Gasteiger partial charge in [0, 0.05) is 18.8 Å². The Morgan fingerprint density at radius 1 is 0.903 bits per heavy atom. The van der Waals surface area contributed by atoms with Gasteiger partial charge in [0.05, 0.1) is 21.1 Å². The Morgan fingerprint density at radius 3 is 2.13 bits per heavy atom. The van der Waals surface area contributed by atoms with Gasteiger partial charge in [-0.25, -0.2) is 16.8 Å². The van der Waals surface area contributed by atoms with Crippen LogP contribution in [0.4, 0.5) is 5.69 Å². The zero-order chi connectivity index (χ0) is 22.5. The minimum Gasteiger partial charge on any atom is -0.322 e. The lowest BCUT2D eigenvalue weighted by molar-refractivity contribution is 0.102. The smallest absolute Gasteiger partial charge is 0.256 e. The number of rotatable bonds is 7. The molecular formula is C22H28N2O5S2. The predicted octanol–water partition coefficient (Wildman–Crippen LogP) is 3.69. The molecule has 1 aliphatic rings. The summed E-state index contributed by atoms with van der Waals surface area (Å²) in [6, 6.07) is 12.1. The average Bonchev–Trinajstić information content (AvgIpc) is 3.04. The van der Waals surface area contributed by atoms with E-state index in [0.717, 1.165) is 25.7 Å². The van der Waals surface area contributed by atoms with Crippen molar-refractivity contribution in [2.75, 3.05) is 24.2 Å². The fraction of sp³-hybridized carbons (Fsp3) is 0.409. The first-order chi connectivity index (χ1) is 14.8. The van der Waals surface area contributed by atoms with Crippen LogP contribution in [-0.4, -0.2) is 45.9 Å². The molecule has 168 valence electrons. The Balaban J connectivity index is 1.79. The molecule has 0 radical (unpaired) electrons. The van der Waals surface area contributed by atoms with E-state index in [1.54, 1.807) is 19.1 Å². The number of carbonyl (C=O) groups excluding carboxylic acids is 1. The number of amides is 1. The summed E-state index contributed by atoms with van der Waals surface area (Å²) in [6.07, 6.45) is 4.23. The minimum absolute atomic E-state index is 0.00490. The number of nitrogens with zero attached hydrogens (tertiary/aromatic N) is 1. The van der Waals surface area contributed by atoms with E-state index in [2.05, 4.69) is 5.32 Å². The van der Waals surface area contributed by atoms with Crippen molar-refractivity contribution < 1.29 is 21.6 Å². The number of sulfonamides is 1. The van der Waals surface area contributed by atoms with Crippen molar-refractivity contribution in [2.45, 2.75) is 48.8 Å². The van der Waals surface area contributed by atoms with Crippen molar-refractivity contribution >= 4 is 31.5 Å². The number of hydrogen-bond donors (Lipinski definition) is 1. The predicted molar refractivity (Wildman–Crippen MR) is 120 cm³/mol. The second-order valence-corrected chi connectivity index (χ2v) is 11.6. The Hall–Kier alpha value is -2.23. The van der Waals surface area contributed by atoms with Gasteiger partial charge in [0.2, 0.25) is 10.0 Å². The van der Waals surface area contributed by atoms with Crippen molar-refractivity contribution in [1.82, 2.24) is 4.31 Å². The molecule has 0 aliphatic carbocycles. The van der Waals surface area contributed by atoms with Crippen molar-refractivity contribution in [3.05, 3.63) is 54.1 Å². The summed E-state index contributed by atoms with van der Waals surface area (Å²) in [4.78, 5) is 12.9. The van der Waals surface area contributed by atoms with Crippen LogP contribution in [0.2, 0.25) is 0 Å². The highest BCUT2D eigenvalue weighted by Crippen LogP contribution is 2.23. The van der Waals surface area contributed by atoms with Gasteiger partial charge in [0.25, 0.3) is 5.91 Å². The molecule has 0 aromatic heterocycles. The molecule has 2 aromatic carbocycles. The second-order valence-electron chi connectivity index (χ2n) is 7.61. The fourth-order valence-electron chi connectivity index (χ4n) is 3.64. The molecule has 1 aliphatic heterocycles. The summed E-state index contributed by atoms with van der Waals surface area (Å²) < 4.78 is 52.3. The normalized spacial score (nSPS) is 15.9. The molecule has 0 unspecified atom stereocenters. The summed E-state index contributed by atoms with van der Waals surface area (Å²) in [7, 11) is -7.14. The Labute approximate surface area is 184 Å². The Kier molecular flexibility index (Phi) is 7.51. The largest absolute Gasteiger partial charge is 0.322 e. The van der Waals surface area contributed by atoms with Gasteiger partial charge >= 0.3 is 0 Å². The van der Waals surface area contributed by atoms with Gasteiger partial charge in [-0.05, 0) is 55.7 Å². The van der Waals surface area contributed by atoms with Gasteiger partial charge < -0.3 is 5.32 Å². The molecule has 2 aromatic rings. The summed E-state index contributed by atoms with van der Waals surface area (Å²) in [6.45, 7) is 2.80. The van der Waals surface area contributed by atoms with Crippen LogP contribution in [0.3, 0.4) is 0 Å². The SMILES string of the molecule is CCCS(=O)(=O)c1ccccc1C(=O)Nc1ccc(S(=O)(=O)N2CCCCCC2)cc1. The van der Waals surface area contributed by atoms with E-state index in [1.807, 2.05) is 0 Å². The number of nitrogens with one attached hydrogen (secondary N) is 1. The molecule has 0 atom stereocenters. The zero-order valence-electron chi connectivity index (χ0n) is 17.6. The third-order valence-corrected chi connectivity index (χ3v) is 9.14. The van der Waals surface area contributed by atoms with E-state index >= 15 is 0 Å². The second kappa shape index (κ2) is 9.93. The van der Waals surface area contributed by atoms with Crippen LogP contribution in [0.25, 0.3) is 0 Å². The van der Waals surface area contributed by atoms with Crippen LogP contribution in [0.1, 0.15) is 49.4 Å². The van der Waals surface area contributed by atoms with Gasteiger partial charge in [0.15, 0.2) is 9.84 Å². The summed E-state index contributed by atoms with van der Waals surface area (Å²) in [5.74, 6) is -0.598. The number of anilines is 1. The van der Waals surface area contributed by atoms with E-state index in [-0.39, 0.29) is 21.1 Å². The first kappa shape index (κ1) is 23.4. The quantitative estimate of drug-likeness (QED) is 0.674. The fourth-order valence-corrected chi connectivity index (χ4v) is 6.70. The van der Waals surface area contributed by atoms with Gasteiger partial charge in [-0.2, -0.15) is 4.31 Å². The summed E-state index contributed by atoms with van der Waals surface area (Å²) in [5, 5.41) is 2.67. The van der Waals surface area contributed by atoms with Crippen molar-refractivity contribution in [1.29, 1.82) is 0 Å². The highest BCUT2D eigenvalue weighted by molar-refractivity contribution is 7.91. The lowest BCUT2D eigenvalue weighted by atomic mass is 10.2. The first-order valence-electron chi connectivity index (χ1n) is 10.5. The average molecular weight is 465 g/mol. The topological polar surface area (TPSA) is 101 Å². The first-order valence-corrected chi connectivity index (χ1v) is 13.6. The van der Waals surface area contributed by atoms with Crippen molar-refractivity contribution in [3.63, 3.8) is 0 Å². The third-order valence-electron chi connectivity index (χ3n) is 5.25. The van der Waals surface area contributed by atoms with E-state index in [4.69, 9.17) is 0 Å². The molecule has 1 amide bonds. The third kappa shape index (κ3) is 5.53. The molecule has 9 heteroatoms. The van der Waals surface area contributed by atoms with Crippen LogP contribution in [-0.2, 0) is 19.9 Å². The van der Waals surface area contributed by atoms with Crippen LogP contribution in [0, 0.1) is 0 Å². The van der Waals surface area contributed by atoms with Crippen LogP contribution < -0.4 is 5.32 Å². The van der Waals surface area contributed by atoms with E-state index in [1.165, 1.54) is 40.7 Å². The number of sulfone groups is 1. The monoisotopic (exact) mass is 464 g/mol. The molecule has 3 rings (SSSR count). The van der Waals surface area contributed by atoms with E-state index in [9.17, 15) is 21.6 Å². The van der Waals surface area contributed by atoms with E-state index in [0.29, 0.717) is 25.2 Å². The molecule has 1 heterocycles. The van der Waals surface area contributed by atoms with Gasteiger partial charge in [0.1, 0.15) is 0 Å². The number of carbonyl (C=O) groups is 1. The standard InChI is InChI=1S/C22H28N2O5S2/c1-2-17-30(26,27)21-10-6-5-9-20(21)22(25)23-18-11-13-19(14-12-18)31(28,29)24-15-7-3-4-8-16-24/h5-6,9-14H,2-4,7-8,15-17H2,1H3,(H,23,25). The van der Waals surface area contributed by atoms with Crippen LogP contribution >= 0.6 is 0 Å². The maximum Gasteiger partial charge on any atom is 0.256 e. The molecule has 1 N–H and O–H groups in total. The summed E-state index contributed by atoms with van der Waals surface area (Å²) >= 11 is 0. The minimum atomic E-state index is -3.57. The highest BCUT2D eigenvalue weighted by atomic mass is 32.2. The van der Waals surface area contributed by atoms with Crippen molar-refractivity contribution in [2.24, 2.45) is 0 Å². The number of hydrogen-bond acceptors (Lipinski definition) is 5. The molecule has 7 nitrogen and oxygen atoms in total. The molecule has 31 heavy (non-hydrogen) atoms. The van der Waals surface area contributed by atoms with E-state index < -0.39 is 25.8 Å². The Bertz CT molecular complexity index is 1120. The maximum absolute atomic E-state index is 12.9. The maximum atomic E-state index is 12.9. The molecule has 1 saturated heterocycles. The molecular weight excluding hydrogens is 436 g/mol. The van der Waals surface area contributed by atoms with Crippen LogP contribution in [0.5, 0.6) is 0 Å². The number of benzene rings is 2. The van der Waals surface area contributed by atoms with Gasteiger partial charge in [-0.1, -0.05) is 31.9 Å². The van der Waals surface area contributed by atoms with Crippen LogP contribution in [0.15, 0.2) is 58.3 Å².